The van der Waals surface area contributed by atoms with Crippen LogP contribution in [-0.2, 0) is 25.1 Å². The fraction of sp³-hybridized carbons (Fsp3) is 0.643. The van der Waals surface area contributed by atoms with Gasteiger partial charge in [-0.25, -0.2) is 15.0 Å². The molecule has 0 aromatic carbocycles. The number of nitrogens with two attached hydrogens (primary N) is 1. The zero-order valence-corrected chi connectivity index (χ0v) is 15.3. The van der Waals surface area contributed by atoms with E-state index in [1.807, 2.05) is 0 Å². The first-order valence-electron chi connectivity index (χ1n) is 8.31. The van der Waals surface area contributed by atoms with Gasteiger partial charge in [0, 0.05) is 26.2 Å². The minimum absolute atomic E-state index is 0.180. The number of fused-ring (bicyclic) bond motifs is 1. The van der Waals surface area contributed by atoms with Gasteiger partial charge in [0.25, 0.3) is 0 Å². The van der Waals surface area contributed by atoms with Crippen LogP contribution in [0.3, 0.4) is 0 Å². The molecule has 144 valence electrons. The third-order valence-electron chi connectivity index (χ3n) is 3.96. The van der Waals surface area contributed by atoms with Gasteiger partial charge in [-0.3, -0.25) is 9.46 Å². The third-order valence-corrected chi connectivity index (χ3v) is 5.06. The molecule has 26 heavy (non-hydrogen) atoms. The first kappa shape index (κ1) is 19.2. The second-order valence-corrected chi connectivity index (χ2v) is 7.62. The van der Waals surface area contributed by atoms with Crippen molar-refractivity contribution in [1.82, 2.24) is 24.4 Å². The van der Waals surface area contributed by atoms with Crippen LogP contribution in [0.4, 0.5) is 5.82 Å². The van der Waals surface area contributed by atoms with Crippen LogP contribution >= 0.6 is 7.60 Å². The summed E-state index contributed by atoms with van der Waals surface area (Å²) in [5, 5.41) is 0. The Morgan fingerprint density at radius 3 is 2.85 bits per heavy atom. The molecule has 3 heterocycles. The smallest absolute Gasteiger partial charge is 0.353 e. The number of imidazole rings is 1. The number of hydrogen-bond donors (Lipinski definition) is 2. The van der Waals surface area contributed by atoms with Crippen molar-refractivity contribution in [3.8, 4) is 0 Å². The monoisotopic (exact) mass is 386 g/mol. The molecule has 0 bridgehead atoms. The maximum Gasteiger partial charge on any atom is 0.353 e. The van der Waals surface area contributed by atoms with Crippen LogP contribution in [-0.4, -0.2) is 81.7 Å². The van der Waals surface area contributed by atoms with Crippen LogP contribution in [0.15, 0.2) is 12.7 Å². The largest absolute Gasteiger partial charge is 0.382 e. The third kappa shape index (κ3) is 5.19. The molecule has 0 aliphatic carbocycles. The molecule has 2 aromatic heterocycles. The van der Waals surface area contributed by atoms with Crippen LogP contribution in [0, 0.1) is 0 Å². The quantitative estimate of drug-likeness (QED) is 0.444. The fourth-order valence-corrected chi connectivity index (χ4v) is 3.38. The Balaban J connectivity index is 1.37. The molecule has 1 saturated heterocycles. The summed E-state index contributed by atoms with van der Waals surface area (Å²) < 4.78 is 29.4. The minimum Gasteiger partial charge on any atom is -0.382 e. The molecule has 12 heteroatoms. The van der Waals surface area contributed by atoms with Gasteiger partial charge in [0.1, 0.15) is 18.2 Å². The maximum atomic E-state index is 12.0. The number of hydrogen-bond acceptors (Lipinski definition) is 9. The number of aromatic nitrogens is 4. The highest BCUT2D eigenvalue weighted by Gasteiger charge is 2.20. The van der Waals surface area contributed by atoms with Crippen molar-refractivity contribution in [1.29, 1.82) is 0 Å². The van der Waals surface area contributed by atoms with E-state index in [1.54, 1.807) is 10.9 Å². The van der Waals surface area contributed by atoms with Gasteiger partial charge < -0.3 is 29.2 Å². The highest BCUT2D eigenvalue weighted by Crippen LogP contribution is 2.41. The van der Waals surface area contributed by atoms with Gasteiger partial charge in [-0.2, -0.15) is 0 Å². The molecule has 0 spiro atoms. The lowest BCUT2D eigenvalue weighted by atomic mass is 10.4. The van der Waals surface area contributed by atoms with Crippen molar-refractivity contribution in [2.24, 2.45) is 0 Å². The van der Waals surface area contributed by atoms with Crippen molar-refractivity contribution in [3.05, 3.63) is 12.7 Å². The average Bonchev–Trinajstić information content (AvgIpc) is 3.04. The van der Waals surface area contributed by atoms with Gasteiger partial charge in [0.2, 0.25) is 0 Å². The maximum absolute atomic E-state index is 12.0. The molecule has 1 atom stereocenters. The first-order chi connectivity index (χ1) is 12.6. The number of nitrogens with zero attached hydrogens (tertiary/aromatic N) is 5. The predicted octanol–water partition coefficient (Wildman–Crippen LogP) is -0.0832. The summed E-state index contributed by atoms with van der Waals surface area (Å²) in [5.74, 6) is 0.309. The molecule has 1 unspecified atom stereocenters. The van der Waals surface area contributed by atoms with Crippen LogP contribution in [0.25, 0.3) is 11.2 Å². The molecule has 3 rings (SSSR count). The zero-order chi connectivity index (χ0) is 18.4. The molecule has 1 aliphatic rings. The Morgan fingerprint density at radius 2 is 2.04 bits per heavy atom. The normalized spacial score (nSPS) is 18.2. The molecular weight excluding hydrogens is 363 g/mol. The Hall–Kier alpha value is -1.62. The molecular formula is C14H23N6O5P. The first-order valence-corrected chi connectivity index (χ1v) is 10.1. The molecule has 2 aromatic rings. The lowest BCUT2D eigenvalue weighted by Gasteiger charge is -2.26. The van der Waals surface area contributed by atoms with Gasteiger partial charge in [-0.1, -0.05) is 0 Å². The summed E-state index contributed by atoms with van der Waals surface area (Å²) in [4.78, 5) is 24.1. The van der Waals surface area contributed by atoms with E-state index in [9.17, 15) is 9.46 Å². The van der Waals surface area contributed by atoms with E-state index in [-0.39, 0.29) is 19.6 Å². The van der Waals surface area contributed by atoms with Crippen LogP contribution in [0.1, 0.15) is 0 Å². The van der Waals surface area contributed by atoms with Gasteiger partial charge in [0.15, 0.2) is 11.5 Å². The lowest BCUT2D eigenvalue weighted by Crippen LogP contribution is -2.38. The van der Waals surface area contributed by atoms with Gasteiger partial charge in [-0.05, 0) is 0 Å². The van der Waals surface area contributed by atoms with E-state index in [4.69, 9.17) is 19.7 Å². The van der Waals surface area contributed by atoms with Crippen molar-refractivity contribution in [2.75, 3.05) is 58.1 Å². The number of anilines is 1. The topological polar surface area (TPSA) is 138 Å². The van der Waals surface area contributed by atoms with Crippen LogP contribution in [0.2, 0.25) is 0 Å². The van der Waals surface area contributed by atoms with E-state index in [0.29, 0.717) is 43.3 Å². The molecule has 0 radical (unpaired) electrons. The fourth-order valence-electron chi connectivity index (χ4n) is 2.58. The molecule has 0 amide bonds. The number of nitrogen functional groups attached to an aromatic ring is 1. The Kier molecular flexibility index (Phi) is 6.52. The summed E-state index contributed by atoms with van der Waals surface area (Å²) in [6, 6.07) is 0. The second-order valence-electron chi connectivity index (χ2n) is 5.83. The van der Waals surface area contributed by atoms with Gasteiger partial charge in [0.05, 0.1) is 32.8 Å². The highest BCUT2D eigenvalue weighted by atomic mass is 31.2. The Labute approximate surface area is 150 Å². The molecule has 3 N–H and O–H groups in total. The van der Waals surface area contributed by atoms with Crippen LogP contribution < -0.4 is 5.73 Å². The lowest BCUT2D eigenvalue weighted by molar-refractivity contribution is 0.0309. The second kappa shape index (κ2) is 8.85. The van der Waals surface area contributed by atoms with E-state index < -0.39 is 7.60 Å². The summed E-state index contributed by atoms with van der Waals surface area (Å²) >= 11 is 0. The summed E-state index contributed by atoms with van der Waals surface area (Å²) in [6.07, 6.45) is 2.58. The summed E-state index contributed by atoms with van der Waals surface area (Å²) in [5.41, 5.74) is 6.84. The van der Waals surface area contributed by atoms with Gasteiger partial charge >= 0.3 is 7.60 Å². The highest BCUT2D eigenvalue weighted by molar-refractivity contribution is 7.52. The van der Waals surface area contributed by atoms with Crippen molar-refractivity contribution in [3.63, 3.8) is 0 Å². The van der Waals surface area contributed by atoms with Crippen molar-refractivity contribution < 1.29 is 23.5 Å². The SMILES string of the molecule is Nc1ncnc2c1ncn2CCOCP(=O)(O)OCCN1CCOCC1. The molecule has 0 saturated carbocycles. The summed E-state index contributed by atoms with van der Waals surface area (Å²) in [7, 11) is -3.77. The van der Waals surface area contributed by atoms with E-state index in [0.717, 1.165) is 13.1 Å². The van der Waals surface area contributed by atoms with E-state index in [1.165, 1.54) is 6.33 Å². The average molecular weight is 386 g/mol. The number of rotatable bonds is 9. The molecule has 1 fully saturated rings. The number of morpholine rings is 1. The number of ether oxygens (including phenoxy) is 2. The van der Waals surface area contributed by atoms with Crippen molar-refractivity contribution >= 4 is 24.6 Å². The van der Waals surface area contributed by atoms with Crippen molar-refractivity contribution in [2.45, 2.75) is 6.54 Å². The standard InChI is InChI=1S/C14H23N6O5P/c15-13-12-14(17-9-16-13)20(10-18-12)4-7-24-11-26(21,22)25-8-3-19-1-5-23-6-2-19/h9-10H,1-8,11H2,(H,21,22)(H2,15,16,17). The summed E-state index contributed by atoms with van der Waals surface area (Å²) in [6.45, 7) is 4.38. The van der Waals surface area contributed by atoms with Crippen LogP contribution in [0.5, 0.6) is 0 Å². The van der Waals surface area contributed by atoms with E-state index in [2.05, 4.69) is 19.9 Å². The molecule has 11 nitrogen and oxygen atoms in total. The zero-order valence-electron chi connectivity index (χ0n) is 14.4. The van der Waals surface area contributed by atoms with Gasteiger partial charge in [-0.15, -0.1) is 0 Å². The molecule has 1 aliphatic heterocycles. The minimum atomic E-state index is -3.77. The predicted molar refractivity (Wildman–Crippen MR) is 93.6 cm³/mol. The Bertz CT molecular complexity index is 765. The van der Waals surface area contributed by atoms with E-state index >= 15 is 0 Å². The Morgan fingerprint density at radius 1 is 1.23 bits per heavy atom.